The molecule has 6 heteroatoms. The first-order valence-corrected chi connectivity index (χ1v) is 9.78. The second-order valence-corrected chi connectivity index (χ2v) is 8.49. The maximum absolute atomic E-state index is 15.3. The number of aryl methyl sites for hydroxylation is 2. The zero-order valence-electron chi connectivity index (χ0n) is 16.6. The van der Waals surface area contributed by atoms with Crippen molar-refractivity contribution < 1.29 is 26.3 Å². The lowest BCUT2D eigenvalue weighted by Gasteiger charge is -2.59. The number of fused-ring (bicyclic) bond motifs is 3. The summed E-state index contributed by atoms with van der Waals surface area (Å²) in [6.07, 6.45) is -0.797. The third kappa shape index (κ3) is 2.57. The minimum absolute atomic E-state index is 0.0475. The van der Waals surface area contributed by atoms with Crippen LogP contribution in [0.4, 0.5) is 26.3 Å². The van der Waals surface area contributed by atoms with Crippen molar-refractivity contribution in [1.29, 1.82) is 0 Å². The van der Waals surface area contributed by atoms with Gasteiger partial charge in [0.15, 0.2) is 11.6 Å². The highest BCUT2D eigenvalue weighted by Gasteiger charge is 2.81. The third-order valence-electron chi connectivity index (χ3n) is 6.87. The van der Waals surface area contributed by atoms with Gasteiger partial charge in [-0.25, -0.2) is 8.78 Å². The second-order valence-electron chi connectivity index (χ2n) is 8.49. The van der Waals surface area contributed by atoms with Gasteiger partial charge in [-0.3, -0.25) is 0 Å². The summed E-state index contributed by atoms with van der Waals surface area (Å²) in [7, 11) is 0. The summed E-state index contributed by atoms with van der Waals surface area (Å²) in [5.74, 6) is -6.60. The van der Waals surface area contributed by atoms with Crippen molar-refractivity contribution in [3.8, 4) is 11.8 Å². The van der Waals surface area contributed by atoms with Gasteiger partial charge < -0.3 is 0 Å². The Hall–Kier alpha value is -2.42. The lowest BCUT2D eigenvalue weighted by molar-refractivity contribution is -0.331. The number of hydrogen-bond donors (Lipinski definition) is 0. The molecular weight excluding hydrogens is 402 g/mol. The molecule has 3 saturated carbocycles. The lowest BCUT2D eigenvalue weighted by atomic mass is 9.48. The molecule has 0 atom stereocenters. The van der Waals surface area contributed by atoms with Crippen LogP contribution in [0.2, 0.25) is 0 Å². The van der Waals surface area contributed by atoms with Crippen molar-refractivity contribution in [2.24, 2.45) is 5.41 Å². The first-order valence-electron chi connectivity index (χ1n) is 9.78. The summed E-state index contributed by atoms with van der Waals surface area (Å²) in [4.78, 5) is 0. The van der Waals surface area contributed by atoms with Crippen LogP contribution in [0.5, 0.6) is 0 Å². The van der Waals surface area contributed by atoms with Crippen molar-refractivity contribution in [2.75, 3.05) is 0 Å². The van der Waals surface area contributed by atoms with Crippen LogP contribution >= 0.6 is 0 Å². The number of alkyl halides is 4. The largest absolute Gasteiger partial charge is 0.327 e. The van der Waals surface area contributed by atoms with Crippen molar-refractivity contribution in [1.82, 2.24) is 0 Å². The molecule has 0 radical (unpaired) electrons. The molecule has 30 heavy (non-hydrogen) atoms. The molecule has 0 unspecified atom stereocenters. The van der Waals surface area contributed by atoms with Gasteiger partial charge in [-0.05, 0) is 56.7 Å². The molecule has 0 heterocycles. The average molecular weight is 422 g/mol. The Bertz CT molecular complexity index is 1050. The van der Waals surface area contributed by atoms with Crippen LogP contribution in [0.15, 0.2) is 36.4 Å². The molecule has 2 bridgehead atoms. The number of halogens is 6. The summed E-state index contributed by atoms with van der Waals surface area (Å²) >= 11 is 0. The molecule has 3 aliphatic carbocycles. The van der Waals surface area contributed by atoms with E-state index >= 15 is 17.6 Å². The molecule has 158 valence electrons. The molecular formula is C24H20F6. The molecule has 0 amide bonds. The van der Waals surface area contributed by atoms with E-state index in [-0.39, 0.29) is 36.8 Å². The monoisotopic (exact) mass is 422 g/mol. The van der Waals surface area contributed by atoms with Crippen LogP contribution in [-0.4, -0.2) is 11.8 Å². The summed E-state index contributed by atoms with van der Waals surface area (Å²) < 4.78 is 89.1. The Morgan fingerprint density at radius 1 is 0.733 bits per heavy atom. The van der Waals surface area contributed by atoms with Crippen LogP contribution in [0.1, 0.15) is 47.9 Å². The highest BCUT2D eigenvalue weighted by molar-refractivity contribution is 5.44. The zero-order valence-corrected chi connectivity index (χ0v) is 16.6. The van der Waals surface area contributed by atoms with Crippen molar-refractivity contribution in [3.05, 3.63) is 70.3 Å². The minimum Gasteiger partial charge on any atom is -0.203 e. The molecule has 0 saturated heterocycles. The van der Waals surface area contributed by atoms with Crippen LogP contribution in [0, 0.1) is 42.7 Å². The van der Waals surface area contributed by atoms with Gasteiger partial charge in [-0.2, -0.15) is 17.6 Å². The normalized spacial score (nSPS) is 28.7. The summed E-state index contributed by atoms with van der Waals surface area (Å²) in [5, 5.41) is 0. The molecule has 0 nitrogen and oxygen atoms in total. The van der Waals surface area contributed by atoms with E-state index in [4.69, 9.17) is 0 Å². The van der Waals surface area contributed by atoms with Gasteiger partial charge in [0.2, 0.25) is 0 Å². The van der Waals surface area contributed by atoms with Crippen molar-refractivity contribution in [2.45, 2.75) is 56.8 Å². The van der Waals surface area contributed by atoms with Crippen LogP contribution in [-0.2, 0) is 5.41 Å². The van der Waals surface area contributed by atoms with Gasteiger partial charge in [-0.1, -0.05) is 47.7 Å². The smallest absolute Gasteiger partial charge is 0.203 e. The van der Waals surface area contributed by atoms with E-state index in [0.29, 0.717) is 0 Å². The molecule has 5 rings (SSSR count). The maximum Gasteiger partial charge on any atom is 0.327 e. The van der Waals surface area contributed by atoms with E-state index in [2.05, 4.69) is 11.8 Å². The van der Waals surface area contributed by atoms with Gasteiger partial charge in [-0.15, -0.1) is 0 Å². The predicted molar refractivity (Wildman–Crippen MR) is 102 cm³/mol. The van der Waals surface area contributed by atoms with Crippen LogP contribution in [0.25, 0.3) is 0 Å². The van der Waals surface area contributed by atoms with Gasteiger partial charge in [0.1, 0.15) is 5.41 Å². The highest BCUT2D eigenvalue weighted by atomic mass is 19.3. The van der Waals surface area contributed by atoms with E-state index in [1.807, 2.05) is 0 Å². The molecule has 3 fully saturated rings. The lowest BCUT2D eigenvalue weighted by Crippen LogP contribution is -2.70. The van der Waals surface area contributed by atoms with Gasteiger partial charge in [0.05, 0.1) is 11.0 Å². The van der Waals surface area contributed by atoms with Crippen LogP contribution < -0.4 is 0 Å². The van der Waals surface area contributed by atoms with Crippen molar-refractivity contribution >= 4 is 0 Å². The van der Waals surface area contributed by atoms with E-state index < -0.39 is 39.9 Å². The van der Waals surface area contributed by atoms with Gasteiger partial charge in [0, 0.05) is 0 Å². The summed E-state index contributed by atoms with van der Waals surface area (Å²) in [6, 6.07) is 8.72. The standard InChI is InChI=1S/C24H20F6/c1-15-3-7-18(8-4-15)22-13-11-21(12-14-22,23(27,28)24(22,29)30)10-9-17-6-5-16(2)19(25)20(17)26/h3-8H,11-14H2,1-2H3. The van der Waals surface area contributed by atoms with Gasteiger partial charge in [0.25, 0.3) is 0 Å². The zero-order chi connectivity index (χ0) is 21.9. The van der Waals surface area contributed by atoms with E-state index in [1.165, 1.54) is 31.2 Å². The fourth-order valence-corrected chi connectivity index (χ4v) is 4.81. The number of rotatable bonds is 1. The molecule has 2 aromatic rings. The van der Waals surface area contributed by atoms with E-state index in [0.717, 1.165) is 5.56 Å². The van der Waals surface area contributed by atoms with E-state index in [9.17, 15) is 8.78 Å². The predicted octanol–water partition coefficient (Wildman–Crippen LogP) is 6.72. The Morgan fingerprint density at radius 2 is 1.33 bits per heavy atom. The molecule has 0 aromatic heterocycles. The minimum atomic E-state index is -4.41. The molecule has 2 aromatic carbocycles. The Balaban J connectivity index is 1.78. The van der Waals surface area contributed by atoms with E-state index in [1.54, 1.807) is 19.1 Å². The first kappa shape index (κ1) is 20.8. The van der Waals surface area contributed by atoms with Crippen LogP contribution in [0.3, 0.4) is 0 Å². The molecule has 0 N–H and O–H groups in total. The third-order valence-corrected chi connectivity index (χ3v) is 6.87. The fourth-order valence-electron chi connectivity index (χ4n) is 4.81. The molecule has 3 aliphatic rings. The number of hydrogen-bond acceptors (Lipinski definition) is 0. The fraction of sp³-hybridized carbons (Fsp3) is 0.417. The quantitative estimate of drug-likeness (QED) is 0.354. The SMILES string of the molecule is Cc1ccc(C23CCC(C#Cc4ccc(C)c(F)c4F)(CC2)C(F)(F)C3(F)F)cc1. The summed E-state index contributed by atoms with van der Waals surface area (Å²) in [6.45, 7) is 3.15. The Kier molecular flexibility index (Phi) is 4.54. The van der Waals surface area contributed by atoms with Crippen molar-refractivity contribution in [3.63, 3.8) is 0 Å². The Labute approximate surface area is 171 Å². The highest BCUT2D eigenvalue weighted by Crippen LogP contribution is 2.70. The average Bonchev–Trinajstić information content (AvgIpc) is 2.71. The summed E-state index contributed by atoms with van der Waals surface area (Å²) in [5.41, 5.74) is -3.56. The topological polar surface area (TPSA) is 0 Å². The second kappa shape index (κ2) is 6.54. The first-order chi connectivity index (χ1) is 14.0. The maximum atomic E-state index is 15.3. The number of benzene rings is 2. The van der Waals surface area contributed by atoms with Gasteiger partial charge >= 0.3 is 11.8 Å². The molecule has 0 aliphatic heterocycles. The Morgan fingerprint density at radius 3 is 1.93 bits per heavy atom. The molecule has 0 spiro atoms.